The van der Waals surface area contributed by atoms with E-state index in [4.69, 9.17) is 4.74 Å². The fourth-order valence-electron chi connectivity index (χ4n) is 2.50. The highest BCUT2D eigenvalue weighted by molar-refractivity contribution is 5.47. The van der Waals surface area contributed by atoms with Crippen molar-refractivity contribution in [2.75, 3.05) is 50.5 Å². The van der Waals surface area contributed by atoms with Crippen LogP contribution in [0.25, 0.3) is 0 Å². The standard InChI is InChI=1S/C15H27N5O/c1-3-21-12-15-18-13(16-2)11-14(19-15)17-7-6-10-20-8-4-5-9-20/h11H,3-10,12H2,1-2H3,(H2,16,17,18,19). The lowest BCUT2D eigenvalue weighted by Gasteiger charge is -2.15. The van der Waals surface area contributed by atoms with Gasteiger partial charge in [-0.25, -0.2) is 9.97 Å². The second-order valence-electron chi connectivity index (χ2n) is 5.27. The second-order valence-corrected chi connectivity index (χ2v) is 5.27. The number of rotatable bonds is 9. The van der Waals surface area contributed by atoms with Gasteiger partial charge >= 0.3 is 0 Å². The van der Waals surface area contributed by atoms with Crippen LogP contribution >= 0.6 is 0 Å². The lowest BCUT2D eigenvalue weighted by Crippen LogP contribution is -2.22. The minimum Gasteiger partial charge on any atom is -0.374 e. The molecule has 0 bridgehead atoms. The van der Waals surface area contributed by atoms with E-state index in [9.17, 15) is 0 Å². The van der Waals surface area contributed by atoms with Crippen LogP contribution in [0, 0.1) is 0 Å². The zero-order valence-electron chi connectivity index (χ0n) is 13.2. The van der Waals surface area contributed by atoms with Crippen molar-refractivity contribution in [2.45, 2.75) is 32.8 Å². The van der Waals surface area contributed by atoms with Crippen molar-refractivity contribution in [1.29, 1.82) is 0 Å². The summed E-state index contributed by atoms with van der Waals surface area (Å²) in [6.45, 7) is 7.72. The molecule has 6 nitrogen and oxygen atoms in total. The molecule has 0 aliphatic carbocycles. The van der Waals surface area contributed by atoms with E-state index in [1.807, 2.05) is 20.0 Å². The smallest absolute Gasteiger partial charge is 0.158 e. The van der Waals surface area contributed by atoms with Crippen molar-refractivity contribution >= 4 is 11.6 Å². The van der Waals surface area contributed by atoms with E-state index < -0.39 is 0 Å². The van der Waals surface area contributed by atoms with Gasteiger partial charge in [0.1, 0.15) is 18.2 Å². The molecular weight excluding hydrogens is 266 g/mol. The van der Waals surface area contributed by atoms with Gasteiger partial charge in [0.15, 0.2) is 5.82 Å². The maximum Gasteiger partial charge on any atom is 0.158 e. The van der Waals surface area contributed by atoms with E-state index in [0.717, 1.165) is 24.6 Å². The molecule has 21 heavy (non-hydrogen) atoms. The van der Waals surface area contributed by atoms with Gasteiger partial charge in [-0.2, -0.15) is 0 Å². The Labute approximate surface area is 127 Å². The van der Waals surface area contributed by atoms with Gasteiger partial charge in [-0.1, -0.05) is 0 Å². The monoisotopic (exact) mass is 293 g/mol. The van der Waals surface area contributed by atoms with E-state index in [-0.39, 0.29) is 0 Å². The molecule has 0 radical (unpaired) electrons. The number of nitrogens with one attached hydrogen (secondary N) is 2. The molecule has 0 atom stereocenters. The Bertz CT molecular complexity index is 421. The second kappa shape index (κ2) is 8.79. The predicted molar refractivity (Wildman–Crippen MR) is 85.7 cm³/mol. The minimum absolute atomic E-state index is 0.453. The fourth-order valence-corrected chi connectivity index (χ4v) is 2.50. The summed E-state index contributed by atoms with van der Waals surface area (Å²) in [6.07, 6.45) is 3.84. The number of anilines is 2. The summed E-state index contributed by atoms with van der Waals surface area (Å²) in [7, 11) is 1.87. The van der Waals surface area contributed by atoms with Gasteiger partial charge < -0.3 is 20.3 Å². The Balaban J connectivity index is 1.80. The molecule has 118 valence electrons. The van der Waals surface area contributed by atoms with Gasteiger partial charge in [0.25, 0.3) is 0 Å². The SMILES string of the molecule is CCOCc1nc(NC)cc(NCCCN2CCCC2)n1. The summed E-state index contributed by atoms with van der Waals surface area (Å²) in [4.78, 5) is 11.4. The summed E-state index contributed by atoms with van der Waals surface area (Å²) in [5.74, 6) is 2.40. The number of hydrogen-bond acceptors (Lipinski definition) is 6. The first-order chi connectivity index (χ1) is 10.3. The summed E-state index contributed by atoms with van der Waals surface area (Å²) in [5, 5.41) is 6.45. The zero-order chi connectivity index (χ0) is 14.9. The molecule has 0 unspecified atom stereocenters. The van der Waals surface area contributed by atoms with Gasteiger partial charge in [-0.05, 0) is 45.8 Å². The normalized spacial score (nSPS) is 15.3. The van der Waals surface area contributed by atoms with Crippen molar-refractivity contribution in [3.8, 4) is 0 Å². The highest BCUT2D eigenvalue weighted by Gasteiger charge is 2.10. The van der Waals surface area contributed by atoms with Gasteiger partial charge in [0.2, 0.25) is 0 Å². The molecule has 1 fully saturated rings. The van der Waals surface area contributed by atoms with Crippen LogP contribution in [0.1, 0.15) is 32.0 Å². The third-order valence-electron chi connectivity index (χ3n) is 3.62. The van der Waals surface area contributed by atoms with Crippen LogP contribution in [-0.4, -0.2) is 54.7 Å². The maximum absolute atomic E-state index is 5.38. The summed E-state index contributed by atoms with van der Waals surface area (Å²) in [5.41, 5.74) is 0. The van der Waals surface area contributed by atoms with Crippen LogP contribution in [0.4, 0.5) is 11.6 Å². The molecule has 0 amide bonds. The van der Waals surface area contributed by atoms with E-state index >= 15 is 0 Å². The molecular formula is C15H27N5O. The molecule has 0 spiro atoms. The van der Waals surface area contributed by atoms with Crippen molar-refractivity contribution < 1.29 is 4.74 Å². The molecule has 1 aromatic heterocycles. The molecule has 2 heterocycles. The van der Waals surface area contributed by atoms with E-state index in [0.29, 0.717) is 19.0 Å². The highest BCUT2D eigenvalue weighted by atomic mass is 16.5. The zero-order valence-corrected chi connectivity index (χ0v) is 13.2. The van der Waals surface area contributed by atoms with Crippen LogP contribution in [-0.2, 0) is 11.3 Å². The Morgan fingerprint density at radius 1 is 1.24 bits per heavy atom. The maximum atomic E-state index is 5.38. The Hall–Kier alpha value is -1.40. The van der Waals surface area contributed by atoms with Crippen molar-refractivity contribution in [3.05, 3.63) is 11.9 Å². The average Bonchev–Trinajstić information content (AvgIpc) is 3.02. The lowest BCUT2D eigenvalue weighted by molar-refractivity contribution is 0.128. The lowest BCUT2D eigenvalue weighted by atomic mass is 10.4. The van der Waals surface area contributed by atoms with Gasteiger partial charge in [0.05, 0.1) is 0 Å². The van der Waals surface area contributed by atoms with Crippen molar-refractivity contribution in [2.24, 2.45) is 0 Å². The predicted octanol–water partition coefficient (Wildman–Crippen LogP) is 1.95. The van der Waals surface area contributed by atoms with Crippen LogP contribution < -0.4 is 10.6 Å². The van der Waals surface area contributed by atoms with Gasteiger partial charge in [-0.15, -0.1) is 0 Å². The number of nitrogens with zero attached hydrogens (tertiary/aromatic N) is 3. The van der Waals surface area contributed by atoms with Crippen molar-refractivity contribution in [3.63, 3.8) is 0 Å². The molecule has 6 heteroatoms. The van der Waals surface area contributed by atoms with Crippen LogP contribution in [0.15, 0.2) is 6.07 Å². The third-order valence-corrected chi connectivity index (χ3v) is 3.62. The van der Waals surface area contributed by atoms with Crippen molar-refractivity contribution in [1.82, 2.24) is 14.9 Å². The topological polar surface area (TPSA) is 62.3 Å². The molecule has 1 aliphatic heterocycles. The fraction of sp³-hybridized carbons (Fsp3) is 0.733. The summed E-state index contributed by atoms with van der Waals surface area (Å²) in [6, 6.07) is 1.94. The number of hydrogen-bond donors (Lipinski definition) is 2. The van der Waals surface area contributed by atoms with Crippen LogP contribution in [0.5, 0.6) is 0 Å². The Kier molecular flexibility index (Phi) is 6.69. The first-order valence-corrected chi connectivity index (χ1v) is 7.91. The third kappa shape index (κ3) is 5.47. The quantitative estimate of drug-likeness (QED) is 0.679. The van der Waals surface area contributed by atoms with Crippen LogP contribution in [0.2, 0.25) is 0 Å². The molecule has 0 aromatic carbocycles. The summed E-state index contributed by atoms with van der Waals surface area (Å²) < 4.78 is 5.38. The summed E-state index contributed by atoms with van der Waals surface area (Å²) >= 11 is 0. The molecule has 1 saturated heterocycles. The van der Waals surface area contributed by atoms with Crippen LogP contribution in [0.3, 0.4) is 0 Å². The first-order valence-electron chi connectivity index (χ1n) is 7.91. The van der Waals surface area contributed by atoms with E-state index in [2.05, 4.69) is 25.5 Å². The largest absolute Gasteiger partial charge is 0.374 e. The molecule has 2 N–H and O–H groups in total. The first kappa shape index (κ1) is 16.0. The molecule has 2 rings (SSSR count). The Morgan fingerprint density at radius 2 is 2.00 bits per heavy atom. The average molecular weight is 293 g/mol. The number of aromatic nitrogens is 2. The molecule has 1 aromatic rings. The minimum atomic E-state index is 0.453. The molecule has 0 saturated carbocycles. The Morgan fingerprint density at radius 3 is 2.71 bits per heavy atom. The van der Waals surface area contributed by atoms with E-state index in [1.54, 1.807) is 0 Å². The van der Waals surface area contributed by atoms with E-state index in [1.165, 1.54) is 32.5 Å². The van der Waals surface area contributed by atoms with Gasteiger partial charge in [-0.3, -0.25) is 0 Å². The van der Waals surface area contributed by atoms with Gasteiger partial charge in [0, 0.05) is 26.3 Å². The highest BCUT2D eigenvalue weighted by Crippen LogP contribution is 2.12. The number of ether oxygens (including phenoxy) is 1. The number of likely N-dealkylation sites (tertiary alicyclic amines) is 1. The molecule has 1 aliphatic rings.